The standard InChI is InChI=1S/C20H27N3O.ClH/c1-13-7-14(2)9-18(8-13)23-15(3)10-19(16(23)4)20(24)22-6-5-17(11-21)12-22;/h7-10,17H,5-6,11-12,21H2,1-4H3;1H. The fraction of sp³-hybridized carbons (Fsp3) is 0.450. The zero-order valence-electron chi connectivity index (χ0n) is 15.5. The van der Waals surface area contributed by atoms with Crippen molar-refractivity contribution in [3.05, 3.63) is 52.3 Å². The van der Waals surface area contributed by atoms with Crippen molar-refractivity contribution in [3.63, 3.8) is 0 Å². The minimum Gasteiger partial charge on any atom is -0.338 e. The highest BCUT2D eigenvalue weighted by Crippen LogP contribution is 2.25. The van der Waals surface area contributed by atoms with Crippen molar-refractivity contribution in [1.29, 1.82) is 0 Å². The number of aryl methyl sites for hydroxylation is 3. The topological polar surface area (TPSA) is 51.3 Å². The molecular weight excluding hydrogens is 334 g/mol. The number of carbonyl (C=O) groups is 1. The molecule has 1 fully saturated rings. The van der Waals surface area contributed by atoms with Crippen LogP contribution in [0.1, 0.15) is 39.3 Å². The molecule has 2 heterocycles. The SMILES string of the molecule is Cc1cc(C)cc(-n2c(C)cc(C(=O)N3CCC(CN)C3)c2C)c1.Cl. The van der Waals surface area contributed by atoms with Crippen molar-refractivity contribution in [3.8, 4) is 5.69 Å². The summed E-state index contributed by atoms with van der Waals surface area (Å²) in [5.74, 6) is 0.575. The van der Waals surface area contributed by atoms with E-state index >= 15 is 0 Å². The van der Waals surface area contributed by atoms with E-state index < -0.39 is 0 Å². The van der Waals surface area contributed by atoms with Crippen LogP contribution in [0, 0.1) is 33.6 Å². The molecule has 0 bridgehead atoms. The first-order chi connectivity index (χ1) is 11.4. The number of likely N-dealkylation sites (tertiary alicyclic amines) is 1. The van der Waals surface area contributed by atoms with Crippen LogP contribution in [0.4, 0.5) is 0 Å². The molecule has 1 aliphatic rings. The smallest absolute Gasteiger partial charge is 0.255 e. The number of rotatable bonds is 3. The molecule has 1 aliphatic heterocycles. The summed E-state index contributed by atoms with van der Waals surface area (Å²) >= 11 is 0. The number of halogens is 1. The number of hydrogen-bond acceptors (Lipinski definition) is 2. The third kappa shape index (κ3) is 3.75. The second-order valence-electron chi connectivity index (χ2n) is 7.11. The van der Waals surface area contributed by atoms with E-state index in [1.54, 1.807) is 0 Å². The van der Waals surface area contributed by atoms with Gasteiger partial charge in [0.25, 0.3) is 5.91 Å². The minimum absolute atomic E-state index is 0. The van der Waals surface area contributed by atoms with Gasteiger partial charge in [0.05, 0.1) is 5.56 Å². The molecule has 5 heteroatoms. The van der Waals surface area contributed by atoms with Crippen molar-refractivity contribution in [2.24, 2.45) is 11.7 Å². The second-order valence-corrected chi connectivity index (χ2v) is 7.11. The first kappa shape index (κ1) is 19.5. The largest absolute Gasteiger partial charge is 0.338 e. The molecule has 2 aromatic rings. The van der Waals surface area contributed by atoms with E-state index in [0.29, 0.717) is 12.5 Å². The van der Waals surface area contributed by atoms with E-state index in [2.05, 4.69) is 43.5 Å². The van der Waals surface area contributed by atoms with Gasteiger partial charge >= 0.3 is 0 Å². The molecule has 0 spiro atoms. The maximum absolute atomic E-state index is 12.9. The van der Waals surface area contributed by atoms with Crippen molar-refractivity contribution < 1.29 is 4.79 Å². The molecule has 1 saturated heterocycles. The number of nitrogens with two attached hydrogens (primary N) is 1. The second kappa shape index (κ2) is 7.63. The number of carbonyl (C=O) groups excluding carboxylic acids is 1. The molecule has 1 aromatic carbocycles. The van der Waals surface area contributed by atoms with Gasteiger partial charge in [-0.3, -0.25) is 4.79 Å². The third-order valence-electron chi connectivity index (χ3n) is 5.03. The first-order valence-electron chi connectivity index (χ1n) is 8.67. The summed E-state index contributed by atoms with van der Waals surface area (Å²) in [6.07, 6.45) is 1.01. The first-order valence-corrected chi connectivity index (χ1v) is 8.67. The van der Waals surface area contributed by atoms with Crippen LogP contribution in [-0.4, -0.2) is 35.0 Å². The maximum atomic E-state index is 12.9. The number of amides is 1. The molecule has 0 aliphatic carbocycles. The lowest BCUT2D eigenvalue weighted by Crippen LogP contribution is -2.30. The number of hydrogen-bond donors (Lipinski definition) is 1. The van der Waals surface area contributed by atoms with Crippen LogP contribution >= 0.6 is 12.4 Å². The van der Waals surface area contributed by atoms with Crippen molar-refractivity contribution in [2.45, 2.75) is 34.1 Å². The highest BCUT2D eigenvalue weighted by molar-refractivity contribution is 5.96. The van der Waals surface area contributed by atoms with Gasteiger partial charge in [-0.1, -0.05) is 6.07 Å². The quantitative estimate of drug-likeness (QED) is 0.908. The van der Waals surface area contributed by atoms with E-state index in [1.165, 1.54) is 11.1 Å². The lowest BCUT2D eigenvalue weighted by atomic mass is 10.1. The maximum Gasteiger partial charge on any atom is 0.255 e. The molecule has 1 amide bonds. The van der Waals surface area contributed by atoms with Crippen molar-refractivity contribution >= 4 is 18.3 Å². The summed E-state index contributed by atoms with van der Waals surface area (Å²) in [4.78, 5) is 14.9. The van der Waals surface area contributed by atoms with Gasteiger partial charge in [0.1, 0.15) is 0 Å². The Labute approximate surface area is 156 Å². The molecule has 136 valence electrons. The van der Waals surface area contributed by atoms with E-state index in [4.69, 9.17) is 5.73 Å². The minimum atomic E-state index is 0. The summed E-state index contributed by atoms with van der Waals surface area (Å²) in [6.45, 7) is 10.6. The fourth-order valence-corrected chi connectivity index (χ4v) is 3.84. The van der Waals surface area contributed by atoms with E-state index in [-0.39, 0.29) is 18.3 Å². The lowest BCUT2D eigenvalue weighted by Gasteiger charge is -2.17. The summed E-state index contributed by atoms with van der Waals surface area (Å²) in [7, 11) is 0. The number of nitrogens with zero attached hydrogens (tertiary/aromatic N) is 2. The van der Waals surface area contributed by atoms with Crippen LogP contribution in [0.5, 0.6) is 0 Å². The summed E-state index contributed by atoms with van der Waals surface area (Å²) in [5.41, 5.74) is 12.3. The van der Waals surface area contributed by atoms with Gasteiger partial charge in [-0.25, -0.2) is 0 Å². The van der Waals surface area contributed by atoms with Crippen LogP contribution in [0.2, 0.25) is 0 Å². The van der Waals surface area contributed by atoms with E-state index in [9.17, 15) is 4.79 Å². The highest BCUT2D eigenvalue weighted by Gasteiger charge is 2.28. The van der Waals surface area contributed by atoms with Gasteiger partial charge in [0, 0.05) is 30.2 Å². The Hall–Kier alpha value is -1.78. The summed E-state index contributed by atoms with van der Waals surface area (Å²) in [5, 5.41) is 0. The molecule has 0 saturated carbocycles. The predicted molar refractivity (Wildman–Crippen MR) is 105 cm³/mol. The molecule has 1 unspecified atom stereocenters. The molecule has 4 nitrogen and oxygen atoms in total. The highest BCUT2D eigenvalue weighted by atomic mass is 35.5. The Kier molecular flexibility index (Phi) is 5.96. The van der Waals surface area contributed by atoms with Gasteiger partial charge < -0.3 is 15.2 Å². The Bertz CT molecular complexity index is 761. The Morgan fingerprint density at radius 1 is 1.12 bits per heavy atom. The van der Waals surface area contributed by atoms with E-state index in [0.717, 1.165) is 42.1 Å². The van der Waals surface area contributed by atoms with E-state index in [1.807, 2.05) is 17.9 Å². The van der Waals surface area contributed by atoms with Gasteiger partial charge in [0.15, 0.2) is 0 Å². The molecule has 0 radical (unpaired) electrons. The fourth-order valence-electron chi connectivity index (χ4n) is 3.84. The molecule has 3 rings (SSSR count). The van der Waals surface area contributed by atoms with Crippen molar-refractivity contribution in [2.75, 3.05) is 19.6 Å². The third-order valence-corrected chi connectivity index (χ3v) is 5.03. The average molecular weight is 362 g/mol. The monoisotopic (exact) mass is 361 g/mol. The Balaban J connectivity index is 0.00000225. The number of benzene rings is 1. The summed E-state index contributed by atoms with van der Waals surface area (Å²) in [6, 6.07) is 8.52. The number of aromatic nitrogens is 1. The predicted octanol–water partition coefficient (Wildman–Crippen LogP) is 3.55. The van der Waals surface area contributed by atoms with Gasteiger partial charge in [0.2, 0.25) is 0 Å². The van der Waals surface area contributed by atoms with Crippen LogP contribution < -0.4 is 5.73 Å². The zero-order chi connectivity index (χ0) is 17.4. The Morgan fingerprint density at radius 2 is 1.76 bits per heavy atom. The van der Waals surface area contributed by atoms with Crippen LogP contribution in [0.25, 0.3) is 5.69 Å². The molecule has 2 N–H and O–H groups in total. The van der Waals surface area contributed by atoms with Crippen LogP contribution in [0.15, 0.2) is 24.3 Å². The Morgan fingerprint density at radius 3 is 2.32 bits per heavy atom. The molecule has 1 aromatic heterocycles. The van der Waals surface area contributed by atoms with Gasteiger partial charge in [-0.05, 0) is 75.9 Å². The van der Waals surface area contributed by atoms with Crippen LogP contribution in [-0.2, 0) is 0 Å². The molecule has 25 heavy (non-hydrogen) atoms. The van der Waals surface area contributed by atoms with Crippen LogP contribution in [0.3, 0.4) is 0 Å². The van der Waals surface area contributed by atoms with Gasteiger partial charge in [-0.2, -0.15) is 0 Å². The van der Waals surface area contributed by atoms with Gasteiger partial charge in [-0.15, -0.1) is 12.4 Å². The average Bonchev–Trinajstić information content (AvgIpc) is 3.10. The normalized spacial score (nSPS) is 16.8. The summed E-state index contributed by atoms with van der Waals surface area (Å²) < 4.78 is 2.18. The molecular formula is C20H28ClN3O. The lowest BCUT2D eigenvalue weighted by molar-refractivity contribution is 0.0787. The molecule has 1 atom stereocenters. The zero-order valence-corrected chi connectivity index (χ0v) is 16.3. The van der Waals surface area contributed by atoms with Crippen molar-refractivity contribution in [1.82, 2.24) is 9.47 Å².